The third-order valence-corrected chi connectivity index (χ3v) is 8.11. The number of aliphatic hydroxyl groups is 2. The summed E-state index contributed by atoms with van der Waals surface area (Å²) < 4.78 is 23.1. The molecule has 0 spiro atoms. The maximum atomic E-state index is 13.3. The number of aliphatic hydroxyl groups excluding tert-OH is 1. The number of hydrogen-bond donors (Lipinski definition) is 2. The van der Waals surface area contributed by atoms with E-state index >= 15 is 0 Å². The monoisotopic (exact) mass is 522 g/mol. The molecule has 9 heteroatoms. The lowest BCUT2D eigenvalue weighted by molar-refractivity contribution is -0.363. The van der Waals surface area contributed by atoms with Crippen LogP contribution in [0.4, 0.5) is 0 Å². The molecule has 9 nitrogen and oxygen atoms in total. The normalized spacial score (nSPS) is 41.7. The Kier molecular flexibility index (Phi) is 8.44. The lowest BCUT2D eigenvalue weighted by Crippen LogP contribution is -2.68. The molecule has 0 unspecified atom stereocenters. The Morgan fingerprint density at radius 2 is 1.84 bits per heavy atom. The lowest BCUT2D eigenvalue weighted by Gasteiger charge is -2.51. The molecule has 3 heterocycles. The van der Waals surface area contributed by atoms with E-state index in [0.29, 0.717) is 18.4 Å². The highest BCUT2D eigenvalue weighted by atomic mass is 16.7. The zero-order valence-electron chi connectivity index (χ0n) is 23.1. The minimum Gasteiger partial charge on any atom is -0.458 e. The van der Waals surface area contributed by atoms with Gasteiger partial charge in [-0.1, -0.05) is 39.8 Å². The Morgan fingerprint density at radius 1 is 1.19 bits per heavy atom. The van der Waals surface area contributed by atoms with Gasteiger partial charge in [0.05, 0.1) is 11.7 Å². The Bertz CT molecular complexity index is 969. The van der Waals surface area contributed by atoms with Crippen molar-refractivity contribution in [2.24, 2.45) is 17.3 Å². The first-order chi connectivity index (χ1) is 17.0. The van der Waals surface area contributed by atoms with Gasteiger partial charge < -0.3 is 29.2 Å². The van der Waals surface area contributed by atoms with E-state index in [1.807, 2.05) is 26.0 Å². The smallest absolute Gasteiger partial charge is 0.331 e. The highest BCUT2D eigenvalue weighted by molar-refractivity contribution is 5.87. The maximum absolute atomic E-state index is 13.3. The van der Waals surface area contributed by atoms with Gasteiger partial charge in [0, 0.05) is 30.3 Å². The molecule has 0 aliphatic carbocycles. The van der Waals surface area contributed by atoms with E-state index in [0.717, 1.165) is 0 Å². The Morgan fingerprint density at radius 3 is 2.46 bits per heavy atom. The molecule has 3 rings (SSSR count). The summed E-state index contributed by atoms with van der Waals surface area (Å²) in [6, 6.07) is 0. The molecule has 0 saturated carbocycles. The predicted molar refractivity (Wildman–Crippen MR) is 134 cm³/mol. The van der Waals surface area contributed by atoms with Gasteiger partial charge in [-0.3, -0.25) is 9.59 Å². The molecular weight excluding hydrogens is 480 g/mol. The number of fused-ring (bicyclic) bond motifs is 4. The average Bonchev–Trinajstić information content (AvgIpc) is 3.22. The van der Waals surface area contributed by atoms with Crippen LogP contribution in [0, 0.1) is 17.3 Å². The number of carbonyl (C=O) groups excluding carboxylic acids is 3. The SMILES string of the molecule is CC(=O)O[C@H](C)/C(C)=C\C(=O)O[C@@H]1[C@H](C)C[C@H]2O[C@]1(O)[C@@H](O)[C@@]1(C)CC[C@H](O1)C(C)(C)/C=C\[C@H](C)C2=O. The van der Waals surface area contributed by atoms with Crippen LogP contribution >= 0.6 is 0 Å². The molecule has 37 heavy (non-hydrogen) atoms. The number of ether oxygens (including phenoxy) is 4. The largest absolute Gasteiger partial charge is 0.458 e. The minimum atomic E-state index is -2.40. The average molecular weight is 523 g/mol. The van der Waals surface area contributed by atoms with Gasteiger partial charge in [-0.2, -0.15) is 0 Å². The molecule has 2 saturated heterocycles. The molecule has 9 atom stereocenters. The minimum absolute atomic E-state index is 0.195. The van der Waals surface area contributed by atoms with Crippen molar-refractivity contribution in [1.29, 1.82) is 0 Å². The molecule has 0 radical (unpaired) electrons. The zero-order valence-corrected chi connectivity index (χ0v) is 23.1. The van der Waals surface area contributed by atoms with Crippen LogP contribution in [-0.4, -0.2) is 69.8 Å². The Hall–Kier alpha value is -2.07. The molecule has 4 bridgehead atoms. The Labute approximate surface area is 219 Å². The molecule has 0 aromatic rings. The fraction of sp³-hybridized carbons (Fsp3) is 0.750. The van der Waals surface area contributed by atoms with E-state index < -0.39 is 65.0 Å². The number of ketones is 1. The molecule has 0 aromatic carbocycles. The van der Waals surface area contributed by atoms with Gasteiger partial charge in [0.2, 0.25) is 5.79 Å². The molecular formula is C28H42O9. The fourth-order valence-electron chi connectivity index (χ4n) is 5.52. The number of Topliss-reactive ketones (excluding diaryl/α,β-unsaturated/α-hetero) is 1. The van der Waals surface area contributed by atoms with Crippen LogP contribution in [0.15, 0.2) is 23.8 Å². The van der Waals surface area contributed by atoms with E-state index in [-0.39, 0.29) is 18.3 Å². The number of rotatable bonds is 4. The van der Waals surface area contributed by atoms with E-state index in [1.54, 1.807) is 34.6 Å². The summed E-state index contributed by atoms with van der Waals surface area (Å²) in [4.78, 5) is 37.5. The van der Waals surface area contributed by atoms with Crippen molar-refractivity contribution >= 4 is 17.7 Å². The summed E-state index contributed by atoms with van der Waals surface area (Å²) in [6.45, 7) is 13.8. The molecule has 3 aliphatic heterocycles. The first-order valence-electron chi connectivity index (χ1n) is 13.1. The first-order valence-corrected chi connectivity index (χ1v) is 13.1. The van der Waals surface area contributed by atoms with Crippen molar-refractivity contribution in [3.8, 4) is 0 Å². The maximum Gasteiger partial charge on any atom is 0.331 e. The van der Waals surface area contributed by atoms with Gasteiger partial charge in [-0.25, -0.2) is 4.79 Å². The van der Waals surface area contributed by atoms with Crippen molar-refractivity contribution in [2.75, 3.05) is 0 Å². The van der Waals surface area contributed by atoms with Crippen molar-refractivity contribution in [3.63, 3.8) is 0 Å². The van der Waals surface area contributed by atoms with Gasteiger partial charge in [0.1, 0.15) is 18.3 Å². The molecule has 0 amide bonds. The summed E-state index contributed by atoms with van der Waals surface area (Å²) in [5, 5.41) is 23.5. The van der Waals surface area contributed by atoms with Crippen molar-refractivity contribution in [1.82, 2.24) is 0 Å². The van der Waals surface area contributed by atoms with E-state index in [2.05, 4.69) is 0 Å². The second kappa shape index (κ2) is 10.6. The van der Waals surface area contributed by atoms with Crippen LogP contribution in [0.1, 0.15) is 74.7 Å². The Balaban J connectivity index is 1.98. The van der Waals surface area contributed by atoms with Crippen LogP contribution in [-0.2, 0) is 33.3 Å². The van der Waals surface area contributed by atoms with Crippen LogP contribution in [0.5, 0.6) is 0 Å². The van der Waals surface area contributed by atoms with Crippen molar-refractivity contribution < 1.29 is 43.5 Å². The van der Waals surface area contributed by atoms with Crippen molar-refractivity contribution in [3.05, 3.63) is 23.8 Å². The molecule has 0 aromatic heterocycles. The highest BCUT2D eigenvalue weighted by Gasteiger charge is 2.62. The first kappa shape index (κ1) is 29.5. The quantitative estimate of drug-likeness (QED) is 0.325. The van der Waals surface area contributed by atoms with Crippen LogP contribution in [0.25, 0.3) is 0 Å². The van der Waals surface area contributed by atoms with Gasteiger partial charge in [-0.15, -0.1) is 0 Å². The van der Waals surface area contributed by atoms with Gasteiger partial charge in [-0.05, 0) is 45.6 Å². The van der Waals surface area contributed by atoms with E-state index in [1.165, 1.54) is 13.0 Å². The second-order valence-electron chi connectivity index (χ2n) is 11.8. The van der Waals surface area contributed by atoms with Crippen LogP contribution in [0.2, 0.25) is 0 Å². The van der Waals surface area contributed by atoms with Crippen molar-refractivity contribution in [2.45, 2.75) is 117 Å². The summed E-state index contributed by atoms with van der Waals surface area (Å²) in [7, 11) is 0. The number of carbonyl (C=O) groups is 3. The lowest BCUT2D eigenvalue weighted by atomic mass is 9.78. The fourth-order valence-corrected chi connectivity index (χ4v) is 5.52. The predicted octanol–water partition coefficient (Wildman–Crippen LogP) is 3.01. The second-order valence-corrected chi connectivity index (χ2v) is 11.8. The van der Waals surface area contributed by atoms with Gasteiger partial charge >= 0.3 is 11.9 Å². The molecule has 2 fully saturated rings. The number of allylic oxidation sites excluding steroid dienone is 1. The molecule has 2 N–H and O–H groups in total. The van der Waals surface area contributed by atoms with Gasteiger partial charge in [0.15, 0.2) is 11.9 Å². The third kappa shape index (κ3) is 6.00. The van der Waals surface area contributed by atoms with E-state index in [9.17, 15) is 24.6 Å². The molecule has 3 aliphatic rings. The standard InChI is InChI=1S/C28H42O9/c1-15-9-11-26(6,7)21-10-12-27(8,37-21)25(32)28(33)24(17(3)13-20(36-28)23(15)31)35-22(30)14-16(2)18(4)34-19(5)29/h9,11,14-15,17-18,20-21,24-25,32-33H,10,12-13H2,1-8H3/b11-9-,16-14-/t15-,17+,18+,20+,21-,24+,25-,27+,28-/m0/s1. The molecule has 208 valence electrons. The van der Waals surface area contributed by atoms with Crippen LogP contribution in [0.3, 0.4) is 0 Å². The van der Waals surface area contributed by atoms with E-state index in [4.69, 9.17) is 18.9 Å². The van der Waals surface area contributed by atoms with Gasteiger partial charge in [0.25, 0.3) is 0 Å². The summed E-state index contributed by atoms with van der Waals surface area (Å²) in [5.41, 5.74) is -1.18. The highest BCUT2D eigenvalue weighted by Crippen LogP contribution is 2.48. The number of hydrogen-bond acceptors (Lipinski definition) is 9. The number of esters is 2. The third-order valence-electron chi connectivity index (χ3n) is 8.11. The summed E-state index contributed by atoms with van der Waals surface area (Å²) in [5.74, 6) is -4.91. The summed E-state index contributed by atoms with van der Waals surface area (Å²) in [6.07, 6.45) is 1.45. The zero-order chi connectivity index (χ0) is 27.9. The topological polar surface area (TPSA) is 129 Å². The summed E-state index contributed by atoms with van der Waals surface area (Å²) >= 11 is 0. The van der Waals surface area contributed by atoms with Crippen LogP contribution < -0.4 is 0 Å².